The number of morpholine rings is 1. The molecule has 4 aromatic rings. The second kappa shape index (κ2) is 10.9. The highest BCUT2D eigenvalue weighted by Gasteiger charge is 2.17. The number of para-hydroxylation sites is 1. The maximum absolute atomic E-state index is 13.0. The van der Waals surface area contributed by atoms with Crippen LogP contribution in [0.15, 0.2) is 78.0 Å². The lowest BCUT2D eigenvalue weighted by Gasteiger charge is -2.26. The molecule has 1 aliphatic heterocycles. The first-order chi connectivity index (χ1) is 18.1. The molecule has 0 radical (unpaired) electrons. The van der Waals surface area contributed by atoms with Crippen LogP contribution >= 0.6 is 0 Å². The first-order valence-corrected chi connectivity index (χ1v) is 11.7. The number of nitrogens with one attached hydrogen (secondary N) is 2. The van der Waals surface area contributed by atoms with E-state index >= 15 is 0 Å². The number of rotatable bonds is 6. The molecule has 0 bridgehead atoms. The van der Waals surface area contributed by atoms with Crippen molar-refractivity contribution in [1.82, 2.24) is 24.4 Å². The van der Waals surface area contributed by atoms with Crippen molar-refractivity contribution in [3.05, 3.63) is 83.5 Å². The van der Waals surface area contributed by atoms with Crippen molar-refractivity contribution in [2.45, 2.75) is 0 Å². The molecule has 1 aliphatic rings. The highest BCUT2D eigenvalue weighted by atomic mass is 16.5. The van der Waals surface area contributed by atoms with Crippen LogP contribution in [0.4, 0.5) is 22.2 Å². The van der Waals surface area contributed by atoms with Gasteiger partial charge in [-0.1, -0.05) is 18.2 Å². The number of carbonyl (C=O) groups is 1. The van der Waals surface area contributed by atoms with Gasteiger partial charge in [-0.05, 0) is 30.3 Å². The Morgan fingerprint density at radius 2 is 1.78 bits per heavy atom. The zero-order valence-corrected chi connectivity index (χ0v) is 20.1. The number of benzene rings is 1. The molecule has 188 valence electrons. The fraction of sp³-hybridized carbons (Fsp3) is 0.192. The summed E-state index contributed by atoms with van der Waals surface area (Å²) in [5.41, 5.74) is 1.44. The quantitative estimate of drug-likeness (QED) is 0.412. The third-order valence-electron chi connectivity index (χ3n) is 5.71. The van der Waals surface area contributed by atoms with Crippen molar-refractivity contribution in [2.24, 2.45) is 7.05 Å². The predicted molar refractivity (Wildman–Crippen MR) is 138 cm³/mol. The number of pyridine rings is 2. The van der Waals surface area contributed by atoms with Crippen molar-refractivity contribution in [3.8, 4) is 22.8 Å². The number of anilines is 3. The second-order valence-corrected chi connectivity index (χ2v) is 8.24. The number of hydrogen-bond donors (Lipinski definition) is 2. The SMILES string of the molecule is Cn1c(Nc2ccccc2)ncc(-c2ccc(Oc3ccnc(NC(=O)N4CCOCC4)c3)cn2)c1=O. The van der Waals surface area contributed by atoms with Crippen LogP contribution in [-0.2, 0) is 11.8 Å². The topological polar surface area (TPSA) is 124 Å². The smallest absolute Gasteiger partial charge is 0.323 e. The van der Waals surface area contributed by atoms with E-state index in [1.54, 1.807) is 42.4 Å². The molecule has 1 aromatic carbocycles. The van der Waals surface area contributed by atoms with E-state index in [1.165, 1.54) is 17.0 Å². The monoisotopic (exact) mass is 499 g/mol. The lowest BCUT2D eigenvalue weighted by molar-refractivity contribution is 0.0564. The molecule has 5 rings (SSSR count). The molecule has 0 unspecified atom stereocenters. The summed E-state index contributed by atoms with van der Waals surface area (Å²) in [5.74, 6) is 1.75. The van der Waals surface area contributed by atoms with Crippen LogP contribution in [0.5, 0.6) is 11.5 Å². The summed E-state index contributed by atoms with van der Waals surface area (Å²) in [6.07, 6.45) is 4.58. The maximum Gasteiger partial charge on any atom is 0.323 e. The molecule has 0 saturated carbocycles. The third-order valence-corrected chi connectivity index (χ3v) is 5.71. The van der Waals surface area contributed by atoms with Gasteiger partial charge in [0.2, 0.25) is 5.95 Å². The number of carbonyl (C=O) groups excluding carboxylic acids is 1. The molecule has 11 heteroatoms. The van der Waals surface area contributed by atoms with E-state index in [1.807, 2.05) is 30.3 Å². The summed E-state index contributed by atoms with van der Waals surface area (Å²) in [7, 11) is 1.65. The minimum Gasteiger partial charge on any atom is -0.456 e. The molecule has 1 saturated heterocycles. The van der Waals surface area contributed by atoms with Gasteiger partial charge in [0.1, 0.15) is 17.3 Å². The van der Waals surface area contributed by atoms with Gasteiger partial charge < -0.3 is 19.7 Å². The summed E-state index contributed by atoms with van der Waals surface area (Å²) < 4.78 is 12.6. The number of amides is 2. The van der Waals surface area contributed by atoms with Crippen molar-refractivity contribution >= 4 is 23.5 Å². The van der Waals surface area contributed by atoms with E-state index in [-0.39, 0.29) is 11.6 Å². The normalized spacial score (nSPS) is 13.2. The highest BCUT2D eigenvalue weighted by Crippen LogP contribution is 2.24. The highest BCUT2D eigenvalue weighted by molar-refractivity contribution is 5.88. The maximum atomic E-state index is 13.0. The van der Waals surface area contributed by atoms with E-state index in [2.05, 4.69) is 25.6 Å². The molecule has 0 atom stereocenters. The van der Waals surface area contributed by atoms with E-state index in [9.17, 15) is 9.59 Å². The second-order valence-electron chi connectivity index (χ2n) is 8.24. The largest absolute Gasteiger partial charge is 0.456 e. The number of nitrogens with zero attached hydrogens (tertiary/aromatic N) is 5. The average Bonchev–Trinajstić information content (AvgIpc) is 2.93. The van der Waals surface area contributed by atoms with Crippen molar-refractivity contribution in [1.29, 1.82) is 0 Å². The van der Waals surface area contributed by atoms with Gasteiger partial charge in [-0.25, -0.2) is 14.8 Å². The minimum absolute atomic E-state index is 0.232. The lowest BCUT2D eigenvalue weighted by Crippen LogP contribution is -2.43. The Kier molecular flexibility index (Phi) is 7.04. The number of urea groups is 1. The molecule has 37 heavy (non-hydrogen) atoms. The Labute approximate surface area is 212 Å². The van der Waals surface area contributed by atoms with Gasteiger partial charge in [0.15, 0.2) is 0 Å². The van der Waals surface area contributed by atoms with Crippen molar-refractivity contribution in [2.75, 3.05) is 36.9 Å². The van der Waals surface area contributed by atoms with Crippen LogP contribution in [0.1, 0.15) is 0 Å². The fourth-order valence-electron chi connectivity index (χ4n) is 3.72. The Morgan fingerprint density at radius 3 is 2.54 bits per heavy atom. The van der Waals surface area contributed by atoms with Gasteiger partial charge in [-0.15, -0.1) is 0 Å². The van der Waals surface area contributed by atoms with Gasteiger partial charge in [-0.3, -0.25) is 19.7 Å². The lowest BCUT2D eigenvalue weighted by atomic mass is 10.2. The standard InChI is InChI=1S/C26H25N7O4/c1-32-24(34)21(17-29-25(32)30-18-5-3-2-4-6-18)22-8-7-20(16-28-22)37-19-9-10-27-23(15-19)31-26(35)33-11-13-36-14-12-33/h2-10,15-17H,11-14H2,1H3,(H,29,30)(H,27,31,35). The Balaban J connectivity index is 1.26. The first kappa shape index (κ1) is 23.9. The van der Waals surface area contributed by atoms with Gasteiger partial charge in [0, 0.05) is 44.3 Å². The summed E-state index contributed by atoms with van der Waals surface area (Å²) in [5, 5.41) is 5.91. The summed E-state index contributed by atoms with van der Waals surface area (Å²) >= 11 is 0. The number of hydrogen-bond acceptors (Lipinski definition) is 8. The van der Waals surface area contributed by atoms with Crippen molar-refractivity contribution in [3.63, 3.8) is 0 Å². The Bertz CT molecular complexity index is 1440. The Hall–Kier alpha value is -4.77. The fourth-order valence-corrected chi connectivity index (χ4v) is 3.72. The van der Waals surface area contributed by atoms with Crippen LogP contribution in [-0.4, -0.2) is 56.8 Å². The predicted octanol–water partition coefficient (Wildman–Crippen LogP) is 3.64. The van der Waals surface area contributed by atoms with Gasteiger partial charge in [0.25, 0.3) is 5.56 Å². The van der Waals surface area contributed by atoms with Crippen LogP contribution in [0.25, 0.3) is 11.3 Å². The molecular formula is C26H25N7O4. The molecule has 1 fully saturated rings. The summed E-state index contributed by atoms with van der Waals surface area (Å²) in [6, 6.07) is 16.0. The van der Waals surface area contributed by atoms with Crippen LogP contribution < -0.4 is 20.9 Å². The Morgan fingerprint density at radius 1 is 0.973 bits per heavy atom. The van der Waals surface area contributed by atoms with E-state index < -0.39 is 0 Å². The van der Waals surface area contributed by atoms with Gasteiger partial charge >= 0.3 is 6.03 Å². The third kappa shape index (κ3) is 5.73. The van der Waals surface area contributed by atoms with Crippen LogP contribution in [0.2, 0.25) is 0 Å². The molecule has 4 heterocycles. The molecule has 3 aromatic heterocycles. The van der Waals surface area contributed by atoms with Crippen molar-refractivity contribution < 1.29 is 14.3 Å². The van der Waals surface area contributed by atoms with Gasteiger partial charge in [-0.2, -0.15) is 0 Å². The number of ether oxygens (including phenoxy) is 2. The molecule has 0 spiro atoms. The average molecular weight is 500 g/mol. The molecule has 2 amide bonds. The summed E-state index contributed by atoms with van der Waals surface area (Å²) in [4.78, 5) is 40.0. The first-order valence-electron chi connectivity index (χ1n) is 11.7. The molecule has 0 aliphatic carbocycles. The summed E-state index contributed by atoms with van der Waals surface area (Å²) in [6.45, 7) is 2.10. The number of aromatic nitrogens is 4. The zero-order valence-electron chi connectivity index (χ0n) is 20.1. The van der Waals surface area contributed by atoms with E-state index in [0.717, 1.165) is 5.69 Å². The van der Waals surface area contributed by atoms with E-state index in [0.29, 0.717) is 60.8 Å². The minimum atomic E-state index is -0.237. The zero-order chi connectivity index (χ0) is 25.6. The van der Waals surface area contributed by atoms with Crippen LogP contribution in [0.3, 0.4) is 0 Å². The molecule has 11 nitrogen and oxygen atoms in total. The van der Waals surface area contributed by atoms with Crippen LogP contribution in [0, 0.1) is 0 Å². The van der Waals surface area contributed by atoms with Gasteiger partial charge in [0.05, 0.1) is 30.7 Å². The molecule has 2 N–H and O–H groups in total. The van der Waals surface area contributed by atoms with E-state index in [4.69, 9.17) is 9.47 Å². The molecular weight excluding hydrogens is 474 g/mol.